The normalized spacial score (nSPS) is 13.0. The minimum absolute atomic E-state index is 0.429. The third kappa shape index (κ3) is 3.65. The van der Waals surface area contributed by atoms with Gasteiger partial charge in [0.05, 0.1) is 11.0 Å². The van der Waals surface area contributed by atoms with Gasteiger partial charge in [-0.15, -0.1) is 0 Å². The molecular weight excluding hydrogens is 544 g/mol. The molecule has 0 atom stereocenters. The molecule has 0 amide bonds. The van der Waals surface area contributed by atoms with E-state index in [1.807, 2.05) is 12.3 Å². The van der Waals surface area contributed by atoms with Crippen molar-refractivity contribution in [2.75, 3.05) is 0 Å². The lowest BCUT2D eigenvalue weighted by Gasteiger charge is -2.31. The van der Waals surface area contributed by atoms with Crippen LogP contribution in [0.25, 0.3) is 55.6 Å². The topological polar surface area (TPSA) is 36.7 Å². The highest BCUT2D eigenvalue weighted by Crippen LogP contribution is 2.63. The van der Waals surface area contributed by atoms with Crippen LogP contribution in [0.3, 0.4) is 0 Å². The Labute approximate surface area is 262 Å². The molecular formula is C43H26N2. The quantitative estimate of drug-likeness (QED) is 0.212. The fourth-order valence-corrected chi connectivity index (χ4v) is 7.67. The van der Waals surface area contributed by atoms with Gasteiger partial charge in [-0.1, -0.05) is 121 Å². The second-order valence-electron chi connectivity index (χ2n) is 11.9. The maximum absolute atomic E-state index is 9.44. The van der Waals surface area contributed by atoms with Gasteiger partial charge in [-0.2, -0.15) is 5.26 Å². The lowest BCUT2D eigenvalue weighted by atomic mass is 9.70. The van der Waals surface area contributed by atoms with Crippen LogP contribution in [-0.4, -0.2) is 4.98 Å². The average molecular weight is 571 g/mol. The maximum atomic E-state index is 9.44. The van der Waals surface area contributed by atoms with Crippen LogP contribution in [0.5, 0.6) is 0 Å². The van der Waals surface area contributed by atoms with Crippen LogP contribution in [0.1, 0.15) is 27.8 Å². The van der Waals surface area contributed by atoms with E-state index >= 15 is 0 Å². The number of nitrogens with zero attached hydrogens (tertiary/aromatic N) is 2. The molecule has 0 saturated heterocycles. The maximum Gasteiger partial charge on any atom is 0.101 e. The first-order valence-electron chi connectivity index (χ1n) is 15.3. The van der Waals surface area contributed by atoms with Crippen LogP contribution < -0.4 is 0 Å². The van der Waals surface area contributed by atoms with Crippen LogP contribution >= 0.6 is 0 Å². The molecule has 208 valence electrons. The van der Waals surface area contributed by atoms with Crippen molar-refractivity contribution in [2.24, 2.45) is 0 Å². The first-order chi connectivity index (χ1) is 22.3. The van der Waals surface area contributed by atoms with Crippen molar-refractivity contribution in [3.05, 3.63) is 186 Å². The van der Waals surface area contributed by atoms with Gasteiger partial charge in [0.2, 0.25) is 0 Å². The van der Waals surface area contributed by atoms with Gasteiger partial charge in [-0.05, 0) is 96.6 Å². The summed E-state index contributed by atoms with van der Waals surface area (Å²) in [5.74, 6) is 0. The highest BCUT2D eigenvalue weighted by Gasteiger charge is 2.51. The fraction of sp³-hybridized carbons (Fsp3) is 0.0233. The number of rotatable bonds is 3. The number of hydrogen-bond donors (Lipinski definition) is 0. The molecule has 0 fully saturated rings. The molecule has 0 radical (unpaired) electrons. The Balaban J connectivity index is 1.30. The second kappa shape index (κ2) is 9.74. The van der Waals surface area contributed by atoms with Crippen molar-refractivity contribution in [1.29, 1.82) is 5.26 Å². The molecule has 1 heterocycles. The molecule has 0 bridgehead atoms. The molecule has 0 saturated carbocycles. The largest absolute Gasteiger partial charge is 0.263 e. The molecule has 1 aromatic heterocycles. The zero-order valence-electron chi connectivity index (χ0n) is 24.4. The van der Waals surface area contributed by atoms with Crippen molar-refractivity contribution < 1.29 is 0 Å². The summed E-state index contributed by atoms with van der Waals surface area (Å²) in [6, 6.07) is 55.2. The van der Waals surface area contributed by atoms with Crippen molar-refractivity contribution in [2.45, 2.75) is 5.41 Å². The van der Waals surface area contributed by atoms with E-state index < -0.39 is 5.41 Å². The first-order valence-corrected chi connectivity index (χ1v) is 15.3. The number of nitriles is 1. The number of pyridine rings is 1. The predicted molar refractivity (Wildman–Crippen MR) is 182 cm³/mol. The summed E-state index contributed by atoms with van der Waals surface area (Å²) in [5, 5.41) is 9.44. The molecule has 2 heteroatoms. The van der Waals surface area contributed by atoms with E-state index in [1.165, 1.54) is 55.6 Å². The van der Waals surface area contributed by atoms with Crippen LogP contribution in [-0.2, 0) is 5.41 Å². The second-order valence-corrected chi connectivity index (χ2v) is 11.9. The summed E-state index contributed by atoms with van der Waals surface area (Å²) >= 11 is 0. The molecule has 6 aromatic carbocycles. The number of aromatic nitrogens is 1. The Hall–Kier alpha value is -6.04. The van der Waals surface area contributed by atoms with Gasteiger partial charge in [-0.25, -0.2) is 0 Å². The van der Waals surface area contributed by atoms with Crippen molar-refractivity contribution in [1.82, 2.24) is 4.98 Å². The summed E-state index contributed by atoms with van der Waals surface area (Å²) < 4.78 is 0. The van der Waals surface area contributed by atoms with Crippen molar-refractivity contribution in [3.8, 4) is 61.7 Å². The molecule has 2 nitrogen and oxygen atoms in total. The minimum Gasteiger partial charge on any atom is -0.263 e. The van der Waals surface area contributed by atoms with Crippen molar-refractivity contribution >= 4 is 0 Å². The van der Waals surface area contributed by atoms with E-state index in [4.69, 9.17) is 0 Å². The summed E-state index contributed by atoms with van der Waals surface area (Å²) in [5.41, 5.74) is 17.3. The molecule has 2 aliphatic rings. The fourth-order valence-electron chi connectivity index (χ4n) is 7.67. The molecule has 1 spiro atoms. The Morgan fingerprint density at radius 2 is 0.911 bits per heavy atom. The van der Waals surface area contributed by atoms with Gasteiger partial charge in [0.1, 0.15) is 6.07 Å². The molecule has 0 aliphatic heterocycles. The average Bonchev–Trinajstić information content (AvgIpc) is 3.59. The summed E-state index contributed by atoms with van der Waals surface area (Å²) in [6.07, 6.45) is 3.43. The van der Waals surface area contributed by atoms with E-state index in [0.717, 1.165) is 22.3 Å². The SMILES string of the molecule is N#Cc1cncc(-c2cccc(-c3ccc4c(c3)C3(c5ccccc5-c5ccccc53)c3cc(-c5ccccc5)ccc3-4)c2)c1. The van der Waals surface area contributed by atoms with E-state index in [1.54, 1.807) is 6.20 Å². The third-order valence-electron chi connectivity index (χ3n) is 9.59. The number of hydrogen-bond acceptors (Lipinski definition) is 2. The van der Waals surface area contributed by atoms with E-state index in [-0.39, 0.29) is 0 Å². The van der Waals surface area contributed by atoms with Gasteiger partial charge in [0.25, 0.3) is 0 Å². The monoisotopic (exact) mass is 570 g/mol. The molecule has 0 N–H and O–H groups in total. The number of benzene rings is 6. The Morgan fingerprint density at radius 1 is 0.400 bits per heavy atom. The Bertz CT molecular complexity index is 2300. The highest BCUT2D eigenvalue weighted by atomic mass is 14.6. The Morgan fingerprint density at radius 3 is 1.56 bits per heavy atom. The Kier molecular flexibility index (Phi) is 5.51. The van der Waals surface area contributed by atoms with Crippen LogP contribution in [0.15, 0.2) is 158 Å². The smallest absolute Gasteiger partial charge is 0.101 e. The lowest BCUT2D eigenvalue weighted by molar-refractivity contribution is 0.794. The summed E-state index contributed by atoms with van der Waals surface area (Å²) in [7, 11) is 0. The summed E-state index contributed by atoms with van der Waals surface area (Å²) in [6.45, 7) is 0. The minimum atomic E-state index is -0.429. The van der Waals surface area contributed by atoms with Crippen molar-refractivity contribution in [3.63, 3.8) is 0 Å². The zero-order valence-corrected chi connectivity index (χ0v) is 24.4. The third-order valence-corrected chi connectivity index (χ3v) is 9.59. The molecule has 7 aromatic rings. The highest BCUT2D eigenvalue weighted by molar-refractivity contribution is 5.97. The molecule has 9 rings (SSSR count). The van der Waals surface area contributed by atoms with Crippen LogP contribution in [0.2, 0.25) is 0 Å². The molecule has 0 unspecified atom stereocenters. The van der Waals surface area contributed by atoms with Gasteiger partial charge >= 0.3 is 0 Å². The van der Waals surface area contributed by atoms with E-state index in [2.05, 4.69) is 151 Å². The molecule has 2 aliphatic carbocycles. The van der Waals surface area contributed by atoms with Gasteiger partial charge in [0.15, 0.2) is 0 Å². The first kappa shape index (κ1) is 25.5. The number of fused-ring (bicyclic) bond motifs is 10. The van der Waals surface area contributed by atoms with Crippen LogP contribution in [0, 0.1) is 11.3 Å². The zero-order chi connectivity index (χ0) is 30.0. The van der Waals surface area contributed by atoms with E-state index in [0.29, 0.717) is 5.56 Å². The molecule has 45 heavy (non-hydrogen) atoms. The van der Waals surface area contributed by atoms with Gasteiger partial charge < -0.3 is 0 Å². The van der Waals surface area contributed by atoms with Crippen LogP contribution in [0.4, 0.5) is 0 Å². The lowest BCUT2D eigenvalue weighted by Crippen LogP contribution is -2.26. The predicted octanol–water partition coefficient (Wildman–Crippen LogP) is 10.3. The van der Waals surface area contributed by atoms with Gasteiger partial charge in [0, 0.05) is 18.0 Å². The summed E-state index contributed by atoms with van der Waals surface area (Å²) in [4.78, 5) is 4.30. The standard InChI is InChI=1S/C43H26N2/c44-25-28-21-34(27-45-26-28)31-12-8-11-30(22-31)33-18-20-38-37-19-17-32(29-9-2-1-3-10-29)23-41(37)43(42(38)24-33)39-15-6-4-13-35(39)36-14-5-7-16-40(36)43/h1-24,26-27H. The van der Waals surface area contributed by atoms with E-state index in [9.17, 15) is 5.26 Å². The van der Waals surface area contributed by atoms with Gasteiger partial charge in [-0.3, -0.25) is 4.98 Å².